The third-order valence-corrected chi connectivity index (χ3v) is 3.96. The fourth-order valence-electron chi connectivity index (χ4n) is 1.28. The highest BCUT2D eigenvalue weighted by molar-refractivity contribution is 8.75. The lowest BCUT2D eigenvalue weighted by molar-refractivity contribution is 0.323. The van der Waals surface area contributed by atoms with Crippen molar-refractivity contribution in [2.24, 2.45) is 11.3 Å². The van der Waals surface area contributed by atoms with Gasteiger partial charge in [0.05, 0.1) is 11.1 Å². The van der Waals surface area contributed by atoms with E-state index in [1.54, 1.807) is 10.8 Å². The first-order valence-electron chi connectivity index (χ1n) is 4.23. The van der Waals surface area contributed by atoms with Gasteiger partial charge in [0.1, 0.15) is 0 Å². The minimum absolute atomic E-state index is 0.249. The zero-order valence-electron chi connectivity index (χ0n) is 8.57. The molecule has 0 fully saturated rings. The molecule has 0 rings (SSSR count). The van der Waals surface area contributed by atoms with Crippen LogP contribution < -0.4 is 0 Å². The summed E-state index contributed by atoms with van der Waals surface area (Å²) in [4.78, 5) is 0. The van der Waals surface area contributed by atoms with E-state index in [1.807, 2.05) is 0 Å². The van der Waals surface area contributed by atoms with E-state index >= 15 is 0 Å². The minimum atomic E-state index is -0.249. The number of rotatable bonds is 6. The Balaban J connectivity index is 3.40. The molecule has 5 heteroatoms. The number of hydrogen-bond donors (Lipinski definition) is 0. The van der Waals surface area contributed by atoms with E-state index in [0.717, 1.165) is 5.75 Å². The molecule has 0 aromatic heterocycles. The van der Waals surface area contributed by atoms with Crippen LogP contribution in [0.5, 0.6) is 0 Å². The fourth-order valence-corrected chi connectivity index (χ4v) is 3.43. The maximum Gasteiger partial charge on any atom is 0.340 e. The first-order valence-corrected chi connectivity index (χ1v) is 7.21. The zero-order valence-corrected chi connectivity index (χ0v) is 11.1. The van der Waals surface area contributed by atoms with Crippen LogP contribution in [0.3, 0.4) is 0 Å². The summed E-state index contributed by atoms with van der Waals surface area (Å²) in [5.41, 5.74) is 0.391. The Morgan fingerprint density at radius 2 is 2.08 bits per heavy atom. The Bertz CT molecular complexity index is 148. The summed E-state index contributed by atoms with van der Waals surface area (Å²) in [7, 11) is 1.36. The molecule has 0 radical (unpaired) electrons. The molecule has 1 atom stereocenters. The Labute approximate surface area is 90.5 Å². The normalized spacial score (nSPS) is 14.8. The molecule has 0 bridgehead atoms. The number of hydrogen-bond acceptors (Lipinski definition) is 4. The monoisotopic (exact) mass is 240 g/mol. The Hall–Kier alpha value is 0.760. The van der Waals surface area contributed by atoms with Gasteiger partial charge in [0.2, 0.25) is 0 Å². The summed E-state index contributed by atoms with van der Waals surface area (Å²) in [5.74, 6) is 1.71. The lowest BCUT2D eigenvalue weighted by Crippen LogP contribution is -2.12. The van der Waals surface area contributed by atoms with Crippen molar-refractivity contribution in [1.29, 1.82) is 0 Å². The Kier molecular flexibility index (Phi) is 7.52. The van der Waals surface area contributed by atoms with Crippen molar-refractivity contribution in [3.63, 3.8) is 0 Å². The third-order valence-electron chi connectivity index (χ3n) is 1.42. The molecule has 0 aromatic carbocycles. The van der Waals surface area contributed by atoms with E-state index in [0.29, 0.717) is 11.3 Å². The average molecular weight is 240 g/mol. The SMILES string of the molecule is CC(CSSOP=O)CC(C)(C)C. The van der Waals surface area contributed by atoms with E-state index in [-0.39, 0.29) is 8.69 Å². The Morgan fingerprint density at radius 1 is 1.46 bits per heavy atom. The molecule has 1 unspecified atom stereocenters. The predicted molar refractivity (Wildman–Crippen MR) is 62.0 cm³/mol. The first-order chi connectivity index (χ1) is 5.95. The van der Waals surface area contributed by atoms with Crippen molar-refractivity contribution in [2.75, 3.05) is 5.75 Å². The fraction of sp³-hybridized carbons (Fsp3) is 1.00. The smallest absolute Gasteiger partial charge is 0.239 e. The van der Waals surface area contributed by atoms with Crippen LogP contribution in [0.25, 0.3) is 0 Å². The van der Waals surface area contributed by atoms with Crippen molar-refractivity contribution >= 4 is 30.6 Å². The quantitative estimate of drug-likeness (QED) is 0.294. The van der Waals surface area contributed by atoms with Gasteiger partial charge in [0, 0.05) is 5.75 Å². The molecule has 2 nitrogen and oxygen atoms in total. The molecule has 0 saturated heterocycles. The summed E-state index contributed by atoms with van der Waals surface area (Å²) < 4.78 is 14.5. The molecule has 0 aliphatic heterocycles. The van der Waals surface area contributed by atoms with Crippen LogP contribution in [0.1, 0.15) is 34.1 Å². The van der Waals surface area contributed by atoms with Gasteiger partial charge in [-0.1, -0.05) is 38.5 Å². The summed E-state index contributed by atoms with van der Waals surface area (Å²) in [6.07, 6.45) is 1.20. The molecule has 13 heavy (non-hydrogen) atoms. The Morgan fingerprint density at radius 3 is 2.54 bits per heavy atom. The standard InChI is InChI=1S/C8H17O2PS2/c1-7(5-8(2,3)4)6-12-13-10-11-9/h7H,5-6H2,1-4H3. The zero-order chi connectivity index (χ0) is 10.3. The van der Waals surface area contributed by atoms with Gasteiger partial charge in [-0.2, -0.15) is 0 Å². The highest BCUT2D eigenvalue weighted by Crippen LogP contribution is 2.32. The van der Waals surface area contributed by atoms with E-state index in [1.165, 1.54) is 17.5 Å². The molecule has 78 valence electrons. The topological polar surface area (TPSA) is 26.3 Å². The summed E-state index contributed by atoms with van der Waals surface area (Å²) in [5, 5.41) is 0. The van der Waals surface area contributed by atoms with Crippen LogP contribution in [0, 0.1) is 11.3 Å². The second kappa shape index (κ2) is 7.10. The van der Waals surface area contributed by atoms with Crippen LogP contribution in [-0.4, -0.2) is 5.75 Å². The van der Waals surface area contributed by atoms with Gasteiger partial charge in [0.25, 0.3) is 0 Å². The van der Waals surface area contributed by atoms with Crippen LogP contribution in [0.4, 0.5) is 0 Å². The van der Waals surface area contributed by atoms with Crippen LogP contribution >= 0.6 is 30.6 Å². The maximum absolute atomic E-state index is 9.92. The molecule has 0 heterocycles. The van der Waals surface area contributed by atoms with E-state index in [2.05, 4.69) is 31.7 Å². The molecule has 0 N–H and O–H groups in total. The molecular weight excluding hydrogens is 223 g/mol. The highest BCUT2D eigenvalue weighted by atomic mass is 33.1. The molecule has 0 saturated carbocycles. The van der Waals surface area contributed by atoms with Gasteiger partial charge in [0.15, 0.2) is 0 Å². The molecule has 0 aliphatic carbocycles. The molecule has 0 spiro atoms. The predicted octanol–water partition coefficient (Wildman–Crippen LogP) is 4.58. The van der Waals surface area contributed by atoms with Gasteiger partial charge in [-0.3, -0.25) is 0 Å². The van der Waals surface area contributed by atoms with E-state index in [4.69, 9.17) is 0 Å². The second-order valence-corrected chi connectivity index (χ2v) is 6.94. The lowest BCUT2D eigenvalue weighted by Gasteiger charge is -2.22. The minimum Gasteiger partial charge on any atom is -0.239 e. The van der Waals surface area contributed by atoms with E-state index < -0.39 is 0 Å². The molecular formula is C8H17O2PS2. The maximum atomic E-state index is 9.92. The largest absolute Gasteiger partial charge is 0.340 e. The van der Waals surface area contributed by atoms with Gasteiger partial charge in [-0.25, -0.2) is 8.54 Å². The molecule has 0 aromatic rings. The summed E-state index contributed by atoms with van der Waals surface area (Å²) >= 11 is 1.20. The highest BCUT2D eigenvalue weighted by Gasteiger charge is 2.15. The van der Waals surface area contributed by atoms with Gasteiger partial charge < -0.3 is 0 Å². The van der Waals surface area contributed by atoms with Crippen molar-refractivity contribution in [2.45, 2.75) is 34.1 Å². The van der Waals surface area contributed by atoms with Crippen LogP contribution in [-0.2, 0) is 8.54 Å². The molecule has 0 amide bonds. The van der Waals surface area contributed by atoms with Crippen molar-refractivity contribution in [3.05, 3.63) is 0 Å². The van der Waals surface area contributed by atoms with Gasteiger partial charge in [-0.15, -0.1) is 0 Å². The lowest BCUT2D eigenvalue weighted by atomic mass is 9.86. The van der Waals surface area contributed by atoms with Crippen molar-refractivity contribution in [1.82, 2.24) is 0 Å². The third kappa shape index (κ3) is 10.7. The van der Waals surface area contributed by atoms with Crippen LogP contribution in [0.15, 0.2) is 0 Å². The summed E-state index contributed by atoms with van der Waals surface area (Å²) in [6, 6.07) is 0. The van der Waals surface area contributed by atoms with Crippen molar-refractivity contribution < 1.29 is 8.54 Å². The van der Waals surface area contributed by atoms with Crippen LogP contribution in [0.2, 0.25) is 0 Å². The van der Waals surface area contributed by atoms with E-state index in [9.17, 15) is 4.57 Å². The molecule has 0 aliphatic rings. The first kappa shape index (κ1) is 13.8. The summed E-state index contributed by atoms with van der Waals surface area (Å²) in [6.45, 7) is 8.96. The second-order valence-electron chi connectivity index (χ2n) is 4.37. The van der Waals surface area contributed by atoms with Gasteiger partial charge in [-0.05, 0) is 17.8 Å². The van der Waals surface area contributed by atoms with Gasteiger partial charge >= 0.3 is 8.69 Å². The van der Waals surface area contributed by atoms with Crippen molar-refractivity contribution in [3.8, 4) is 0 Å². The average Bonchev–Trinajstić information content (AvgIpc) is 1.94.